The molecule has 0 atom stereocenters. The summed E-state index contributed by atoms with van der Waals surface area (Å²) < 4.78 is 0. The van der Waals surface area contributed by atoms with Crippen LogP contribution in [0.5, 0.6) is 0 Å². The number of carbonyl (C=O) groups is 1. The van der Waals surface area contributed by atoms with Crippen LogP contribution in [0.15, 0.2) is 59.4 Å². The lowest BCUT2D eigenvalue weighted by Crippen LogP contribution is -2.27. The summed E-state index contributed by atoms with van der Waals surface area (Å²) in [5.41, 5.74) is 14.0. The molecule has 198 valence electrons. The van der Waals surface area contributed by atoms with E-state index in [9.17, 15) is 4.79 Å². The number of rotatable bonds is 9. The number of halogens is 1. The van der Waals surface area contributed by atoms with Crippen molar-refractivity contribution in [2.75, 3.05) is 39.5 Å². The molecule has 38 heavy (non-hydrogen) atoms. The number of hydrogen-bond donors (Lipinski definition) is 3. The predicted octanol–water partition coefficient (Wildman–Crippen LogP) is 4.60. The van der Waals surface area contributed by atoms with E-state index in [0.29, 0.717) is 35.2 Å². The third kappa shape index (κ3) is 6.20. The Kier molecular flexibility index (Phi) is 8.76. The second-order valence-corrected chi connectivity index (χ2v) is 9.99. The highest BCUT2D eigenvalue weighted by Gasteiger charge is 2.25. The molecule has 0 aliphatic heterocycles. The highest BCUT2D eigenvalue weighted by Crippen LogP contribution is 2.33. The third-order valence-electron chi connectivity index (χ3n) is 6.49. The normalized spacial score (nSPS) is 13.5. The largest absolute Gasteiger partial charge is 0.401 e. The van der Waals surface area contributed by atoms with E-state index >= 15 is 0 Å². The van der Waals surface area contributed by atoms with Gasteiger partial charge in [0.25, 0.3) is 5.91 Å². The van der Waals surface area contributed by atoms with Crippen molar-refractivity contribution >= 4 is 40.4 Å². The Morgan fingerprint density at radius 1 is 1.18 bits per heavy atom. The molecule has 4 N–H and O–H groups in total. The number of aromatic nitrogens is 2. The van der Waals surface area contributed by atoms with Gasteiger partial charge in [-0.3, -0.25) is 9.79 Å². The SMILES string of the molecule is CN=C(C1=C(N)CCc2cnc(Nc3ccc(C(=O)NCCCN(C)C)cc3Cl)nc21)c1ccccc1C. The maximum atomic E-state index is 12.5. The molecule has 2 aromatic carbocycles. The zero-order chi connectivity index (χ0) is 27.2. The first-order valence-corrected chi connectivity index (χ1v) is 13.0. The summed E-state index contributed by atoms with van der Waals surface area (Å²) in [6.45, 7) is 3.57. The van der Waals surface area contributed by atoms with Gasteiger partial charge in [0.2, 0.25) is 5.95 Å². The molecular weight excluding hydrogens is 498 g/mol. The minimum atomic E-state index is -0.157. The van der Waals surface area contributed by atoms with Crippen molar-refractivity contribution in [1.29, 1.82) is 0 Å². The highest BCUT2D eigenvalue weighted by atomic mass is 35.5. The van der Waals surface area contributed by atoms with Gasteiger partial charge in [0.15, 0.2) is 0 Å². The zero-order valence-electron chi connectivity index (χ0n) is 22.3. The van der Waals surface area contributed by atoms with Gasteiger partial charge in [-0.15, -0.1) is 0 Å². The molecule has 1 amide bonds. The van der Waals surface area contributed by atoms with E-state index in [1.54, 1.807) is 25.2 Å². The van der Waals surface area contributed by atoms with Crippen molar-refractivity contribution in [2.24, 2.45) is 10.7 Å². The lowest BCUT2D eigenvalue weighted by atomic mass is 9.87. The first kappa shape index (κ1) is 27.3. The van der Waals surface area contributed by atoms with E-state index in [0.717, 1.165) is 58.8 Å². The fourth-order valence-electron chi connectivity index (χ4n) is 4.46. The number of allylic oxidation sites excluding steroid dienone is 2. The summed E-state index contributed by atoms with van der Waals surface area (Å²) in [5.74, 6) is 0.231. The van der Waals surface area contributed by atoms with Crippen molar-refractivity contribution in [1.82, 2.24) is 20.2 Å². The molecule has 3 aromatic rings. The summed E-state index contributed by atoms with van der Waals surface area (Å²) in [4.78, 5) is 28.6. The monoisotopic (exact) mass is 531 g/mol. The predicted molar refractivity (Wildman–Crippen MR) is 155 cm³/mol. The van der Waals surface area contributed by atoms with E-state index in [1.165, 1.54) is 0 Å². The van der Waals surface area contributed by atoms with Crippen LogP contribution in [0.3, 0.4) is 0 Å². The molecule has 1 heterocycles. The van der Waals surface area contributed by atoms with Crippen LogP contribution < -0.4 is 16.4 Å². The van der Waals surface area contributed by atoms with E-state index in [-0.39, 0.29) is 5.91 Å². The average Bonchev–Trinajstić information content (AvgIpc) is 2.90. The summed E-state index contributed by atoms with van der Waals surface area (Å²) in [6, 6.07) is 13.3. The number of carbonyl (C=O) groups excluding carboxylic acids is 1. The summed E-state index contributed by atoms with van der Waals surface area (Å²) in [5, 5.41) is 6.53. The number of nitrogens with one attached hydrogen (secondary N) is 2. The number of benzene rings is 2. The Bertz CT molecular complexity index is 1400. The molecule has 1 aliphatic rings. The van der Waals surface area contributed by atoms with Gasteiger partial charge < -0.3 is 21.3 Å². The van der Waals surface area contributed by atoms with Crippen LogP contribution >= 0.6 is 11.6 Å². The summed E-state index contributed by atoms with van der Waals surface area (Å²) in [6.07, 6.45) is 4.17. The Labute approximate surface area is 229 Å². The van der Waals surface area contributed by atoms with Gasteiger partial charge in [-0.25, -0.2) is 9.97 Å². The van der Waals surface area contributed by atoms with Crippen LogP contribution in [-0.2, 0) is 6.42 Å². The molecular formula is C29H34ClN7O. The van der Waals surface area contributed by atoms with Crippen LogP contribution in [-0.4, -0.2) is 60.7 Å². The molecule has 0 unspecified atom stereocenters. The van der Waals surface area contributed by atoms with Crippen molar-refractivity contribution in [2.45, 2.75) is 26.2 Å². The highest BCUT2D eigenvalue weighted by molar-refractivity contribution is 6.34. The van der Waals surface area contributed by atoms with Gasteiger partial charge >= 0.3 is 0 Å². The van der Waals surface area contributed by atoms with Crippen LogP contribution in [0, 0.1) is 6.92 Å². The van der Waals surface area contributed by atoms with Crippen molar-refractivity contribution < 1.29 is 4.79 Å². The topological polar surface area (TPSA) is 109 Å². The number of amides is 1. The standard InChI is InChI=1S/C29H34ClN7O/c1-18-8-5-6-9-21(18)27(32-2)25-23(31)12-10-20-17-34-29(36-26(20)25)35-24-13-11-19(16-22(24)30)28(38)33-14-7-15-37(3)4/h5-6,8-9,11,13,16-17H,7,10,12,14-15,31H2,1-4H3,(H,33,38)(H,34,35,36). The molecule has 0 saturated heterocycles. The van der Waals surface area contributed by atoms with E-state index in [2.05, 4.69) is 38.5 Å². The molecule has 0 bridgehead atoms. The summed E-state index contributed by atoms with van der Waals surface area (Å²) in [7, 11) is 5.79. The maximum absolute atomic E-state index is 12.5. The van der Waals surface area contributed by atoms with Crippen LogP contribution in [0.25, 0.3) is 5.57 Å². The van der Waals surface area contributed by atoms with Crippen molar-refractivity contribution in [3.8, 4) is 0 Å². The number of aryl methyl sites for hydroxylation is 2. The number of hydrogen-bond acceptors (Lipinski definition) is 7. The second kappa shape index (κ2) is 12.2. The Balaban J connectivity index is 1.57. The lowest BCUT2D eigenvalue weighted by molar-refractivity contribution is 0.0952. The number of nitrogens with zero attached hydrogens (tertiary/aromatic N) is 4. The van der Waals surface area contributed by atoms with Gasteiger partial charge in [-0.2, -0.15) is 0 Å². The Morgan fingerprint density at radius 2 is 1.97 bits per heavy atom. The van der Waals surface area contributed by atoms with Crippen molar-refractivity contribution in [3.63, 3.8) is 0 Å². The fraction of sp³-hybridized carbons (Fsp3) is 0.310. The number of aliphatic imine (C=N–C) groups is 1. The average molecular weight is 532 g/mol. The minimum absolute atomic E-state index is 0.157. The summed E-state index contributed by atoms with van der Waals surface area (Å²) >= 11 is 6.54. The van der Waals surface area contributed by atoms with Gasteiger partial charge in [0, 0.05) is 42.2 Å². The molecule has 0 saturated carbocycles. The minimum Gasteiger partial charge on any atom is -0.401 e. The molecule has 0 radical (unpaired) electrons. The number of nitrogens with two attached hydrogens (primary N) is 1. The van der Waals surface area contributed by atoms with Crippen LogP contribution in [0.2, 0.25) is 5.02 Å². The molecule has 1 aromatic heterocycles. The van der Waals surface area contributed by atoms with Crippen LogP contribution in [0.4, 0.5) is 11.6 Å². The Morgan fingerprint density at radius 3 is 2.68 bits per heavy atom. The molecule has 9 heteroatoms. The second-order valence-electron chi connectivity index (χ2n) is 9.59. The maximum Gasteiger partial charge on any atom is 0.251 e. The quantitative estimate of drug-likeness (QED) is 0.275. The van der Waals surface area contributed by atoms with Crippen molar-refractivity contribution in [3.05, 3.63) is 87.3 Å². The molecule has 1 aliphatic carbocycles. The third-order valence-corrected chi connectivity index (χ3v) is 6.80. The van der Waals surface area contributed by atoms with Gasteiger partial charge in [0.1, 0.15) is 0 Å². The molecule has 4 rings (SSSR count). The van der Waals surface area contributed by atoms with Gasteiger partial charge in [-0.05, 0) is 76.2 Å². The van der Waals surface area contributed by atoms with Gasteiger partial charge in [-0.1, -0.05) is 35.9 Å². The van der Waals surface area contributed by atoms with Crippen LogP contribution in [0.1, 0.15) is 45.6 Å². The van der Waals surface area contributed by atoms with E-state index < -0.39 is 0 Å². The zero-order valence-corrected chi connectivity index (χ0v) is 23.1. The number of fused-ring (bicyclic) bond motifs is 1. The molecule has 8 nitrogen and oxygen atoms in total. The number of anilines is 2. The first-order chi connectivity index (χ1) is 18.3. The first-order valence-electron chi connectivity index (χ1n) is 12.7. The molecule has 0 spiro atoms. The van der Waals surface area contributed by atoms with Gasteiger partial charge in [0.05, 0.1) is 22.1 Å². The van der Waals surface area contributed by atoms with E-state index in [1.807, 2.05) is 38.5 Å². The smallest absolute Gasteiger partial charge is 0.251 e. The fourth-order valence-corrected chi connectivity index (χ4v) is 4.69. The lowest BCUT2D eigenvalue weighted by Gasteiger charge is -2.23. The Hall–Kier alpha value is -3.75. The van der Waals surface area contributed by atoms with E-state index in [4.69, 9.17) is 22.3 Å². The molecule has 0 fully saturated rings.